The Bertz CT molecular complexity index is 233. The molecule has 0 radical (unpaired) electrons. The van der Waals surface area contributed by atoms with Crippen LogP contribution in [-0.4, -0.2) is 47.6 Å². The van der Waals surface area contributed by atoms with E-state index < -0.39 is 17.5 Å². The van der Waals surface area contributed by atoms with Gasteiger partial charge in [-0.25, -0.2) is 0 Å². The third-order valence-electron chi connectivity index (χ3n) is 2.96. The van der Waals surface area contributed by atoms with E-state index in [9.17, 15) is 9.90 Å². The van der Waals surface area contributed by atoms with Crippen molar-refractivity contribution in [2.75, 3.05) is 19.7 Å². The average Bonchev–Trinajstić information content (AvgIpc) is 2.47. The van der Waals surface area contributed by atoms with Crippen LogP contribution < -0.4 is 5.32 Å². The molecule has 3 unspecified atom stereocenters. The van der Waals surface area contributed by atoms with Gasteiger partial charge in [0, 0.05) is 26.1 Å². The third-order valence-corrected chi connectivity index (χ3v) is 2.96. The van der Waals surface area contributed by atoms with Gasteiger partial charge in [0.15, 0.2) is 0 Å². The number of hydrogen-bond acceptors (Lipinski definition) is 4. The maximum Gasteiger partial charge on any atom is 0.307 e. The Morgan fingerprint density at radius 3 is 2.87 bits per heavy atom. The molecule has 88 valence electrons. The normalized spacial score (nSPS) is 32.9. The summed E-state index contributed by atoms with van der Waals surface area (Å²) in [5.74, 6) is -1.27. The SMILES string of the molecule is CC(CNCC1(O)CCOC1C)C(=O)O. The number of rotatable bonds is 5. The number of aliphatic hydroxyl groups is 1. The van der Waals surface area contributed by atoms with Gasteiger partial charge < -0.3 is 20.3 Å². The minimum Gasteiger partial charge on any atom is -0.481 e. The fraction of sp³-hybridized carbons (Fsp3) is 0.900. The number of hydrogen-bond donors (Lipinski definition) is 3. The van der Waals surface area contributed by atoms with Crippen LogP contribution in [0.5, 0.6) is 0 Å². The van der Waals surface area contributed by atoms with E-state index in [1.165, 1.54) is 0 Å². The van der Waals surface area contributed by atoms with E-state index in [1.807, 2.05) is 6.92 Å². The predicted molar refractivity (Wildman–Crippen MR) is 54.7 cm³/mol. The zero-order chi connectivity index (χ0) is 11.5. The van der Waals surface area contributed by atoms with Crippen LogP contribution in [0.1, 0.15) is 20.3 Å². The standard InChI is InChI=1S/C10H19NO4/c1-7(9(12)13)5-11-6-10(14)3-4-15-8(10)2/h7-8,11,14H,3-6H2,1-2H3,(H,12,13). The number of ether oxygens (including phenoxy) is 1. The molecule has 1 heterocycles. The van der Waals surface area contributed by atoms with Gasteiger partial charge in [-0.05, 0) is 6.92 Å². The molecule has 0 amide bonds. The first kappa shape index (κ1) is 12.4. The van der Waals surface area contributed by atoms with Gasteiger partial charge in [0.05, 0.1) is 12.0 Å². The Balaban J connectivity index is 2.28. The van der Waals surface area contributed by atoms with Gasteiger partial charge in [0.2, 0.25) is 0 Å². The van der Waals surface area contributed by atoms with E-state index in [0.717, 1.165) is 0 Å². The van der Waals surface area contributed by atoms with Gasteiger partial charge in [0.1, 0.15) is 5.60 Å². The Morgan fingerprint density at radius 2 is 2.40 bits per heavy atom. The topological polar surface area (TPSA) is 78.8 Å². The summed E-state index contributed by atoms with van der Waals surface area (Å²) < 4.78 is 5.27. The van der Waals surface area contributed by atoms with Gasteiger partial charge in [-0.15, -0.1) is 0 Å². The Kier molecular flexibility index (Phi) is 4.07. The highest BCUT2D eigenvalue weighted by molar-refractivity contribution is 5.69. The molecule has 1 aliphatic heterocycles. The summed E-state index contributed by atoms with van der Waals surface area (Å²) in [5, 5.41) is 21.7. The quantitative estimate of drug-likeness (QED) is 0.596. The van der Waals surface area contributed by atoms with Crippen LogP contribution in [0.15, 0.2) is 0 Å². The van der Waals surface area contributed by atoms with Gasteiger partial charge >= 0.3 is 5.97 Å². The lowest BCUT2D eigenvalue weighted by Crippen LogP contribution is -2.47. The summed E-state index contributed by atoms with van der Waals surface area (Å²) in [5.41, 5.74) is -0.849. The second kappa shape index (κ2) is 4.92. The molecule has 0 saturated carbocycles. The lowest BCUT2D eigenvalue weighted by atomic mass is 9.96. The fourth-order valence-corrected chi connectivity index (χ4v) is 1.60. The molecule has 0 spiro atoms. The molecular formula is C10H19NO4. The monoisotopic (exact) mass is 217 g/mol. The predicted octanol–water partition coefficient (Wildman–Crippen LogP) is -0.163. The summed E-state index contributed by atoms with van der Waals surface area (Å²) in [4.78, 5) is 10.5. The molecule has 0 aromatic carbocycles. The average molecular weight is 217 g/mol. The minimum atomic E-state index is -0.849. The molecule has 5 nitrogen and oxygen atoms in total. The van der Waals surface area contributed by atoms with Gasteiger partial charge in [-0.2, -0.15) is 0 Å². The van der Waals surface area contributed by atoms with Crippen molar-refractivity contribution in [2.45, 2.75) is 32.0 Å². The molecule has 3 N–H and O–H groups in total. The van der Waals surface area contributed by atoms with Crippen LogP contribution in [0, 0.1) is 5.92 Å². The first-order valence-corrected chi connectivity index (χ1v) is 5.23. The van der Waals surface area contributed by atoms with Crippen molar-refractivity contribution in [3.05, 3.63) is 0 Å². The van der Waals surface area contributed by atoms with Gasteiger partial charge in [0.25, 0.3) is 0 Å². The highest BCUT2D eigenvalue weighted by Gasteiger charge is 2.39. The molecular weight excluding hydrogens is 198 g/mol. The van der Waals surface area contributed by atoms with Crippen molar-refractivity contribution in [1.82, 2.24) is 5.32 Å². The molecule has 1 fully saturated rings. The lowest BCUT2D eigenvalue weighted by Gasteiger charge is -2.26. The first-order valence-electron chi connectivity index (χ1n) is 5.23. The molecule has 0 bridgehead atoms. The van der Waals surface area contributed by atoms with E-state index in [1.54, 1.807) is 6.92 Å². The number of carboxylic acid groups (broad SMARTS) is 1. The molecule has 0 aromatic heterocycles. The van der Waals surface area contributed by atoms with Gasteiger partial charge in [-0.1, -0.05) is 6.92 Å². The van der Waals surface area contributed by atoms with E-state index in [2.05, 4.69) is 5.32 Å². The van der Waals surface area contributed by atoms with Gasteiger partial charge in [-0.3, -0.25) is 4.79 Å². The second-order valence-corrected chi connectivity index (χ2v) is 4.24. The summed E-state index contributed by atoms with van der Waals surface area (Å²) >= 11 is 0. The molecule has 1 rings (SSSR count). The van der Waals surface area contributed by atoms with E-state index in [0.29, 0.717) is 26.1 Å². The number of carbonyl (C=O) groups is 1. The minimum absolute atomic E-state index is 0.190. The molecule has 15 heavy (non-hydrogen) atoms. The van der Waals surface area contributed by atoms with Crippen molar-refractivity contribution in [3.63, 3.8) is 0 Å². The number of aliphatic carboxylic acids is 1. The number of nitrogens with one attached hydrogen (secondary N) is 1. The maximum atomic E-state index is 10.5. The molecule has 0 aromatic rings. The Hall–Kier alpha value is -0.650. The Labute approximate surface area is 89.4 Å². The van der Waals surface area contributed by atoms with E-state index in [4.69, 9.17) is 9.84 Å². The zero-order valence-electron chi connectivity index (χ0n) is 9.19. The number of carboxylic acids is 1. The second-order valence-electron chi connectivity index (χ2n) is 4.24. The van der Waals surface area contributed by atoms with Crippen molar-refractivity contribution in [3.8, 4) is 0 Å². The smallest absolute Gasteiger partial charge is 0.307 e. The third kappa shape index (κ3) is 3.15. The van der Waals surface area contributed by atoms with Crippen LogP contribution in [0.3, 0.4) is 0 Å². The van der Waals surface area contributed by atoms with E-state index in [-0.39, 0.29) is 6.10 Å². The molecule has 1 aliphatic rings. The molecule has 1 saturated heterocycles. The first-order chi connectivity index (χ1) is 6.96. The highest BCUT2D eigenvalue weighted by atomic mass is 16.5. The van der Waals surface area contributed by atoms with E-state index >= 15 is 0 Å². The van der Waals surface area contributed by atoms with Crippen LogP contribution >= 0.6 is 0 Å². The van der Waals surface area contributed by atoms with Crippen LogP contribution in [0.4, 0.5) is 0 Å². The summed E-state index contributed by atoms with van der Waals surface area (Å²) in [6.07, 6.45) is 0.410. The Morgan fingerprint density at radius 1 is 1.73 bits per heavy atom. The van der Waals surface area contributed by atoms with Crippen molar-refractivity contribution in [2.24, 2.45) is 5.92 Å². The van der Waals surface area contributed by atoms with Crippen molar-refractivity contribution < 1.29 is 19.7 Å². The molecule has 3 atom stereocenters. The zero-order valence-corrected chi connectivity index (χ0v) is 9.19. The van der Waals surface area contributed by atoms with Crippen LogP contribution in [-0.2, 0) is 9.53 Å². The summed E-state index contributed by atoms with van der Waals surface area (Å²) in [7, 11) is 0. The maximum absolute atomic E-state index is 10.5. The lowest BCUT2D eigenvalue weighted by molar-refractivity contribution is -0.141. The summed E-state index contributed by atoms with van der Waals surface area (Å²) in [6.45, 7) is 4.77. The fourth-order valence-electron chi connectivity index (χ4n) is 1.60. The van der Waals surface area contributed by atoms with Crippen molar-refractivity contribution in [1.29, 1.82) is 0 Å². The summed E-state index contributed by atoms with van der Waals surface area (Å²) in [6, 6.07) is 0. The van der Waals surface area contributed by atoms with Crippen LogP contribution in [0.25, 0.3) is 0 Å². The molecule has 5 heteroatoms. The van der Waals surface area contributed by atoms with Crippen LogP contribution in [0.2, 0.25) is 0 Å². The molecule has 0 aliphatic carbocycles. The largest absolute Gasteiger partial charge is 0.481 e. The highest BCUT2D eigenvalue weighted by Crippen LogP contribution is 2.24. The van der Waals surface area contributed by atoms with Crippen molar-refractivity contribution >= 4 is 5.97 Å².